The van der Waals surface area contributed by atoms with E-state index in [1.165, 1.54) is 23.5 Å². The Labute approximate surface area is 115 Å². The SMILES string of the molecule is O=C(NCc1cc(Br)cs1)c1ccc(O)cc1F. The monoisotopic (exact) mass is 329 g/mol. The van der Waals surface area contributed by atoms with Crippen molar-refractivity contribution in [1.29, 1.82) is 0 Å². The number of carbonyl (C=O) groups excluding carboxylic acids is 1. The van der Waals surface area contributed by atoms with Crippen molar-refractivity contribution < 1.29 is 14.3 Å². The van der Waals surface area contributed by atoms with E-state index in [1.54, 1.807) is 0 Å². The van der Waals surface area contributed by atoms with E-state index >= 15 is 0 Å². The van der Waals surface area contributed by atoms with Crippen LogP contribution in [-0.4, -0.2) is 11.0 Å². The lowest BCUT2D eigenvalue weighted by Gasteiger charge is -2.05. The van der Waals surface area contributed by atoms with Crippen LogP contribution in [0.15, 0.2) is 34.1 Å². The van der Waals surface area contributed by atoms with Crippen molar-refractivity contribution in [3.8, 4) is 5.75 Å². The van der Waals surface area contributed by atoms with Gasteiger partial charge in [-0.2, -0.15) is 0 Å². The van der Waals surface area contributed by atoms with E-state index in [4.69, 9.17) is 5.11 Å². The Morgan fingerprint density at radius 3 is 2.83 bits per heavy atom. The van der Waals surface area contributed by atoms with E-state index < -0.39 is 11.7 Å². The number of carbonyl (C=O) groups is 1. The summed E-state index contributed by atoms with van der Waals surface area (Å²) >= 11 is 4.81. The summed E-state index contributed by atoms with van der Waals surface area (Å²) in [4.78, 5) is 12.7. The fourth-order valence-corrected chi connectivity index (χ4v) is 2.79. The number of aromatic hydroxyl groups is 1. The molecule has 0 radical (unpaired) electrons. The van der Waals surface area contributed by atoms with E-state index in [0.29, 0.717) is 6.54 Å². The first-order valence-corrected chi connectivity index (χ1v) is 6.73. The molecular formula is C12H9BrFNO2S. The molecule has 1 amide bonds. The van der Waals surface area contributed by atoms with Crippen molar-refractivity contribution in [1.82, 2.24) is 5.32 Å². The van der Waals surface area contributed by atoms with Crippen LogP contribution in [0.2, 0.25) is 0 Å². The maximum absolute atomic E-state index is 13.4. The molecule has 0 bridgehead atoms. The van der Waals surface area contributed by atoms with Gasteiger partial charge in [0.25, 0.3) is 5.91 Å². The van der Waals surface area contributed by atoms with Gasteiger partial charge in [0.15, 0.2) is 0 Å². The summed E-state index contributed by atoms with van der Waals surface area (Å²) in [7, 11) is 0. The molecule has 0 aliphatic heterocycles. The molecule has 0 spiro atoms. The van der Waals surface area contributed by atoms with E-state index in [1.807, 2.05) is 11.4 Å². The maximum Gasteiger partial charge on any atom is 0.254 e. The van der Waals surface area contributed by atoms with E-state index in [9.17, 15) is 9.18 Å². The van der Waals surface area contributed by atoms with E-state index in [0.717, 1.165) is 15.4 Å². The van der Waals surface area contributed by atoms with Crippen molar-refractivity contribution in [2.45, 2.75) is 6.54 Å². The predicted octanol–water partition coefficient (Wildman–Crippen LogP) is 3.29. The average Bonchev–Trinajstić information content (AvgIpc) is 2.72. The Kier molecular flexibility index (Phi) is 3.98. The van der Waals surface area contributed by atoms with Crippen LogP contribution in [-0.2, 0) is 6.54 Å². The van der Waals surface area contributed by atoms with Gasteiger partial charge in [0.2, 0.25) is 0 Å². The molecule has 1 aromatic carbocycles. The number of thiophene rings is 1. The molecular weight excluding hydrogens is 321 g/mol. The number of phenols is 1. The van der Waals surface area contributed by atoms with Crippen LogP contribution in [0.5, 0.6) is 5.75 Å². The number of halogens is 2. The molecule has 1 heterocycles. The van der Waals surface area contributed by atoms with Gasteiger partial charge in [-0.15, -0.1) is 11.3 Å². The first kappa shape index (κ1) is 13.0. The molecule has 2 rings (SSSR count). The number of amides is 1. The molecule has 0 atom stereocenters. The normalized spacial score (nSPS) is 10.3. The van der Waals surface area contributed by atoms with Crippen molar-refractivity contribution in [2.75, 3.05) is 0 Å². The maximum atomic E-state index is 13.4. The van der Waals surface area contributed by atoms with Gasteiger partial charge in [-0.25, -0.2) is 4.39 Å². The number of nitrogens with one attached hydrogen (secondary N) is 1. The number of benzene rings is 1. The molecule has 2 N–H and O–H groups in total. The topological polar surface area (TPSA) is 49.3 Å². The van der Waals surface area contributed by atoms with Gasteiger partial charge in [-0.3, -0.25) is 4.79 Å². The average molecular weight is 330 g/mol. The van der Waals surface area contributed by atoms with Gasteiger partial charge in [0.05, 0.1) is 12.1 Å². The highest BCUT2D eigenvalue weighted by molar-refractivity contribution is 9.10. The van der Waals surface area contributed by atoms with Crippen LogP contribution in [0.3, 0.4) is 0 Å². The predicted molar refractivity (Wildman–Crippen MR) is 71.3 cm³/mol. The summed E-state index contributed by atoms with van der Waals surface area (Å²) in [5, 5.41) is 13.6. The Bertz CT molecular complexity index is 585. The summed E-state index contributed by atoms with van der Waals surface area (Å²) < 4.78 is 14.4. The number of phenolic OH excluding ortho intramolecular Hbond substituents is 1. The van der Waals surface area contributed by atoms with Gasteiger partial charge in [0, 0.05) is 20.8 Å². The highest BCUT2D eigenvalue weighted by Crippen LogP contribution is 2.20. The Balaban J connectivity index is 2.03. The summed E-state index contributed by atoms with van der Waals surface area (Å²) in [6, 6.07) is 5.33. The number of hydrogen-bond acceptors (Lipinski definition) is 3. The summed E-state index contributed by atoms with van der Waals surface area (Å²) in [5.74, 6) is -1.44. The fourth-order valence-electron chi connectivity index (χ4n) is 1.40. The third-order valence-electron chi connectivity index (χ3n) is 2.24. The van der Waals surface area contributed by atoms with Gasteiger partial charge >= 0.3 is 0 Å². The molecule has 3 nitrogen and oxygen atoms in total. The van der Waals surface area contributed by atoms with Crippen molar-refractivity contribution in [3.63, 3.8) is 0 Å². The first-order chi connectivity index (χ1) is 8.56. The first-order valence-electron chi connectivity index (χ1n) is 5.06. The Morgan fingerprint density at radius 2 is 2.22 bits per heavy atom. The lowest BCUT2D eigenvalue weighted by Crippen LogP contribution is -2.23. The third kappa shape index (κ3) is 3.08. The van der Waals surface area contributed by atoms with Crippen LogP contribution in [0.1, 0.15) is 15.2 Å². The molecule has 6 heteroatoms. The number of rotatable bonds is 3. The highest BCUT2D eigenvalue weighted by atomic mass is 79.9. The van der Waals surface area contributed by atoms with E-state index in [-0.39, 0.29) is 11.3 Å². The molecule has 94 valence electrons. The lowest BCUT2D eigenvalue weighted by atomic mass is 10.2. The van der Waals surface area contributed by atoms with Crippen LogP contribution in [0, 0.1) is 5.82 Å². The third-order valence-corrected chi connectivity index (χ3v) is 3.94. The van der Waals surface area contributed by atoms with Crippen LogP contribution >= 0.6 is 27.3 Å². The Hall–Kier alpha value is -1.40. The lowest BCUT2D eigenvalue weighted by molar-refractivity contribution is 0.0947. The second kappa shape index (κ2) is 5.49. The summed E-state index contributed by atoms with van der Waals surface area (Å²) in [5.41, 5.74) is -0.0802. The zero-order valence-electron chi connectivity index (χ0n) is 9.11. The molecule has 0 saturated carbocycles. The van der Waals surface area contributed by atoms with Crippen LogP contribution in [0.25, 0.3) is 0 Å². The van der Waals surface area contributed by atoms with Crippen LogP contribution in [0.4, 0.5) is 4.39 Å². The van der Waals surface area contributed by atoms with E-state index in [2.05, 4.69) is 21.2 Å². The van der Waals surface area contributed by atoms with Crippen LogP contribution < -0.4 is 5.32 Å². The van der Waals surface area contributed by atoms with Gasteiger partial charge < -0.3 is 10.4 Å². The second-order valence-corrected chi connectivity index (χ2v) is 5.49. The zero-order valence-corrected chi connectivity index (χ0v) is 11.5. The zero-order chi connectivity index (χ0) is 13.1. The minimum Gasteiger partial charge on any atom is -0.508 e. The fraction of sp³-hybridized carbons (Fsp3) is 0.0833. The van der Waals surface area contributed by atoms with Crippen molar-refractivity contribution in [2.24, 2.45) is 0 Å². The summed E-state index contributed by atoms with van der Waals surface area (Å²) in [6.45, 7) is 0.343. The smallest absolute Gasteiger partial charge is 0.254 e. The molecule has 2 aromatic rings. The number of hydrogen-bond donors (Lipinski definition) is 2. The Morgan fingerprint density at radius 1 is 1.44 bits per heavy atom. The molecule has 0 aliphatic carbocycles. The van der Waals surface area contributed by atoms with Gasteiger partial charge in [0.1, 0.15) is 11.6 Å². The molecule has 0 fully saturated rings. The molecule has 0 saturated heterocycles. The minimum absolute atomic E-state index is 0.0802. The molecule has 0 unspecified atom stereocenters. The largest absolute Gasteiger partial charge is 0.508 e. The minimum atomic E-state index is -0.736. The standard InChI is InChI=1S/C12H9BrFNO2S/c13-7-3-9(18-6-7)5-15-12(17)10-2-1-8(16)4-11(10)14/h1-4,6,16H,5H2,(H,15,17). The van der Waals surface area contributed by atoms with Crippen molar-refractivity contribution in [3.05, 3.63) is 50.4 Å². The van der Waals surface area contributed by atoms with Gasteiger partial charge in [-0.1, -0.05) is 0 Å². The quantitative estimate of drug-likeness (QED) is 0.907. The van der Waals surface area contributed by atoms with Crippen molar-refractivity contribution >= 4 is 33.2 Å². The van der Waals surface area contributed by atoms with Gasteiger partial charge in [-0.05, 0) is 34.1 Å². The molecule has 0 aliphatic rings. The highest BCUT2D eigenvalue weighted by Gasteiger charge is 2.12. The second-order valence-electron chi connectivity index (χ2n) is 3.58. The molecule has 18 heavy (non-hydrogen) atoms. The summed E-state index contributed by atoms with van der Waals surface area (Å²) in [6.07, 6.45) is 0. The molecule has 1 aromatic heterocycles.